The zero-order valence-electron chi connectivity index (χ0n) is 22.3. The number of hydrogen-bond donors (Lipinski definition) is 0. The highest BCUT2D eigenvalue weighted by Gasteiger charge is 2.27. The highest BCUT2D eigenvalue weighted by atomic mass is 16.2. The molecule has 2 aliphatic heterocycles. The van der Waals surface area contributed by atoms with E-state index in [1.165, 1.54) is 39.9 Å². The number of carbonyl (C=O) groups is 1. The molecule has 2 aromatic carbocycles. The van der Waals surface area contributed by atoms with Gasteiger partial charge < -0.3 is 14.4 Å². The zero-order chi connectivity index (χ0) is 25.5. The molecule has 190 valence electrons. The predicted octanol–water partition coefficient (Wildman–Crippen LogP) is 6.20. The molecule has 0 bridgehead atoms. The van der Waals surface area contributed by atoms with Crippen LogP contribution in [0.2, 0.25) is 0 Å². The SMILES string of the molecule is Cc1cccc(Cn2c(C)c(C)c3cc(C(=O)N4CCCCC4)nc(N4CCc5ccccc5C4)c32)c1. The van der Waals surface area contributed by atoms with Crippen molar-refractivity contribution in [2.75, 3.05) is 24.5 Å². The maximum Gasteiger partial charge on any atom is 0.272 e. The number of hydrogen-bond acceptors (Lipinski definition) is 3. The van der Waals surface area contributed by atoms with Crippen LogP contribution in [-0.2, 0) is 19.5 Å². The Balaban J connectivity index is 1.51. The van der Waals surface area contributed by atoms with Gasteiger partial charge in [-0.1, -0.05) is 54.1 Å². The maximum atomic E-state index is 13.6. The lowest BCUT2D eigenvalue weighted by atomic mass is 9.99. The Bertz CT molecular complexity index is 1480. The van der Waals surface area contributed by atoms with Gasteiger partial charge in [-0.05, 0) is 74.8 Å². The van der Waals surface area contributed by atoms with Crippen molar-refractivity contribution in [3.63, 3.8) is 0 Å². The Morgan fingerprint density at radius 2 is 1.68 bits per heavy atom. The van der Waals surface area contributed by atoms with E-state index in [4.69, 9.17) is 4.98 Å². The first-order valence-corrected chi connectivity index (χ1v) is 13.7. The van der Waals surface area contributed by atoms with Gasteiger partial charge in [0, 0.05) is 43.8 Å². The molecule has 5 nitrogen and oxygen atoms in total. The molecular formula is C32H36N4O. The second-order valence-electron chi connectivity index (χ2n) is 10.8. The predicted molar refractivity (Wildman–Crippen MR) is 150 cm³/mol. The molecular weight excluding hydrogens is 456 g/mol. The number of pyridine rings is 1. The summed E-state index contributed by atoms with van der Waals surface area (Å²) in [6, 6.07) is 19.5. The highest BCUT2D eigenvalue weighted by Crippen LogP contribution is 2.36. The van der Waals surface area contributed by atoms with Gasteiger partial charge >= 0.3 is 0 Å². The summed E-state index contributed by atoms with van der Waals surface area (Å²) in [5, 5.41) is 1.15. The standard InChI is InChI=1S/C32H36N4O/c1-22-10-9-11-25(18-22)20-36-24(3)23(2)28-19-29(32(37)34-15-7-4-8-16-34)33-31(30(28)36)35-17-14-26-12-5-6-13-27(26)21-35/h5-6,9-13,18-19H,4,7-8,14-17,20-21H2,1-3H3. The summed E-state index contributed by atoms with van der Waals surface area (Å²) in [7, 11) is 0. The first kappa shape index (κ1) is 23.8. The first-order valence-electron chi connectivity index (χ1n) is 13.7. The van der Waals surface area contributed by atoms with E-state index in [0.717, 1.165) is 68.7 Å². The molecule has 6 rings (SSSR count). The average Bonchev–Trinajstić information content (AvgIpc) is 3.17. The van der Waals surface area contributed by atoms with Crippen LogP contribution < -0.4 is 4.90 Å². The Morgan fingerprint density at radius 1 is 0.892 bits per heavy atom. The third-order valence-corrected chi connectivity index (χ3v) is 8.31. The van der Waals surface area contributed by atoms with E-state index in [1.807, 2.05) is 4.90 Å². The fraction of sp³-hybridized carbons (Fsp3) is 0.375. The quantitative estimate of drug-likeness (QED) is 0.341. The van der Waals surface area contributed by atoms with Gasteiger partial charge in [-0.15, -0.1) is 0 Å². The largest absolute Gasteiger partial charge is 0.350 e. The summed E-state index contributed by atoms with van der Waals surface area (Å²) in [5.74, 6) is 1.01. The van der Waals surface area contributed by atoms with Crippen LogP contribution >= 0.6 is 0 Å². The molecule has 5 heteroatoms. The Morgan fingerprint density at radius 3 is 2.46 bits per heavy atom. The van der Waals surface area contributed by atoms with Crippen LogP contribution in [0.4, 0.5) is 5.82 Å². The van der Waals surface area contributed by atoms with Crippen molar-refractivity contribution in [3.05, 3.63) is 93.8 Å². The van der Waals surface area contributed by atoms with Crippen LogP contribution in [-0.4, -0.2) is 40.0 Å². The summed E-state index contributed by atoms with van der Waals surface area (Å²) in [6.07, 6.45) is 4.35. The monoisotopic (exact) mass is 492 g/mol. The van der Waals surface area contributed by atoms with E-state index in [9.17, 15) is 4.79 Å². The topological polar surface area (TPSA) is 41.4 Å². The van der Waals surface area contributed by atoms with Crippen LogP contribution in [0.25, 0.3) is 10.9 Å². The maximum absolute atomic E-state index is 13.6. The number of benzene rings is 2. The summed E-state index contributed by atoms with van der Waals surface area (Å²) < 4.78 is 2.41. The van der Waals surface area contributed by atoms with E-state index >= 15 is 0 Å². The molecule has 37 heavy (non-hydrogen) atoms. The number of likely N-dealkylation sites (tertiary alicyclic amines) is 1. The summed E-state index contributed by atoms with van der Waals surface area (Å²) in [5.41, 5.74) is 9.51. The summed E-state index contributed by atoms with van der Waals surface area (Å²) in [4.78, 5) is 23.2. The third-order valence-electron chi connectivity index (χ3n) is 8.31. The first-order chi connectivity index (χ1) is 18.0. The van der Waals surface area contributed by atoms with Crippen LogP contribution in [0.5, 0.6) is 0 Å². The molecule has 1 amide bonds. The number of rotatable bonds is 4. The number of fused-ring (bicyclic) bond motifs is 2. The van der Waals surface area contributed by atoms with E-state index in [2.05, 4.69) is 84.8 Å². The molecule has 2 aliphatic rings. The van der Waals surface area contributed by atoms with Gasteiger partial charge in [-0.3, -0.25) is 4.79 Å². The number of aryl methyl sites for hydroxylation is 2. The van der Waals surface area contributed by atoms with Gasteiger partial charge in [-0.2, -0.15) is 0 Å². The molecule has 0 aliphatic carbocycles. The number of carbonyl (C=O) groups excluding carboxylic acids is 1. The molecule has 0 saturated carbocycles. The summed E-state index contributed by atoms with van der Waals surface area (Å²) >= 11 is 0. The number of nitrogens with zero attached hydrogens (tertiary/aromatic N) is 4. The zero-order valence-corrected chi connectivity index (χ0v) is 22.3. The van der Waals surface area contributed by atoms with Crippen molar-refractivity contribution in [2.24, 2.45) is 0 Å². The van der Waals surface area contributed by atoms with Crippen LogP contribution in [0.3, 0.4) is 0 Å². The lowest BCUT2D eigenvalue weighted by Crippen LogP contribution is -2.37. The van der Waals surface area contributed by atoms with Crippen molar-refractivity contribution in [1.82, 2.24) is 14.5 Å². The fourth-order valence-corrected chi connectivity index (χ4v) is 6.10. The van der Waals surface area contributed by atoms with Crippen LogP contribution in [0.15, 0.2) is 54.6 Å². The Hall–Kier alpha value is -3.60. The second-order valence-corrected chi connectivity index (χ2v) is 10.8. The van der Waals surface area contributed by atoms with Crippen molar-refractivity contribution < 1.29 is 4.79 Å². The number of piperidine rings is 1. The minimum Gasteiger partial charge on any atom is -0.350 e. The highest BCUT2D eigenvalue weighted by molar-refractivity contribution is 6.01. The molecule has 0 N–H and O–H groups in total. The molecule has 0 unspecified atom stereocenters. The molecule has 0 radical (unpaired) electrons. The van der Waals surface area contributed by atoms with E-state index < -0.39 is 0 Å². The van der Waals surface area contributed by atoms with E-state index in [1.54, 1.807) is 0 Å². The normalized spacial score (nSPS) is 15.8. The fourth-order valence-electron chi connectivity index (χ4n) is 6.10. The van der Waals surface area contributed by atoms with Crippen molar-refractivity contribution in [2.45, 2.75) is 59.5 Å². The van der Waals surface area contributed by atoms with E-state index in [-0.39, 0.29) is 5.91 Å². The minimum absolute atomic E-state index is 0.0729. The van der Waals surface area contributed by atoms with Gasteiger partial charge in [-0.25, -0.2) is 4.98 Å². The van der Waals surface area contributed by atoms with Crippen molar-refractivity contribution in [1.29, 1.82) is 0 Å². The Kier molecular flexibility index (Phi) is 6.23. The Labute approximate surface area is 219 Å². The minimum atomic E-state index is 0.0729. The lowest BCUT2D eigenvalue weighted by molar-refractivity contribution is 0.0718. The molecule has 0 atom stereocenters. The number of aromatic nitrogens is 2. The summed E-state index contributed by atoms with van der Waals surface area (Å²) in [6.45, 7) is 10.7. The lowest BCUT2D eigenvalue weighted by Gasteiger charge is -2.31. The van der Waals surface area contributed by atoms with Crippen LogP contribution in [0, 0.1) is 20.8 Å². The molecule has 2 aromatic heterocycles. The number of amides is 1. The average molecular weight is 493 g/mol. The van der Waals surface area contributed by atoms with Gasteiger partial charge in [0.25, 0.3) is 5.91 Å². The molecule has 4 aromatic rings. The van der Waals surface area contributed by atoms with Gasteiger partial charge in [0.05, 0.1) is 5.52 Å². The van der Waals surface area contributed by atoms with Crippen LogP contribution in [0.1, 0.15) is 63.3 Å². The van der Waals surface area contributed by atoms with Gasteiger partial charge in [0.15, 0.2) is 5.82 Å². The van der Waals surface area contributed by atoms with Gasteiger partial charge in [0.1, 0.15) is 5.69 Å². The third kappa shape index (κ3) is 4.41. The van der Waals surface area contributed by atoms with Gasteiger partial charge in [0.2, 0.25) is 0 Å². The molecule has 1 saturated heterocycles. The molecule has 1 fully saturated rings. The second kappa shape index (κ2) is 9.70. The van der Waals surface area contributed by atoms with Crippen molar-refractivity contribution >= 4 is 22.6 Å². The molecule has 0 spiro atoms. The number of anilines is 1. The van der Waals surface area contributed by atoms with E-state index in [0.29, 0.717) is 5.69 Å². The molecule has 4 heterocycles. The smallest absolute Gasteiger partial charge is 0.272 e. The van der Waals surface area contributed by atoms with Crippen molar-refractivity contribution in [3.8, 4) is 0 Å².